The van der Waals surface area contributed by atoms with Crippen LogP contribution < -0.4 is 5.48 Å². The van der Waals surface area contributed by atoms with Gasteiger partial charge in [0.25, 0.3) is 5.91 Å². The molecule has 1 atom stereocenters. The minimum Gasteiger partial charge on any atom is -0.382 e. The van der Waals surface area contributed by atoms with Crippen molar-refractivity contribution < 1.29 is 18.9 Å². The van der Waals surface area contributed by atoms with E-state index in [0.717, 1.165) is 0 Å². The van der Waals surface area contributed by atoms with Crippen LogP contribution in [0.4, 0.5) is 4.39 Å². The Morgan fingerprint density at radius 1 is 1.65 bits per heavy atom. The van der Waals surface area contributed by atoms with Gasteiger partial charge in [0, 0.05) is 12.0 Å². The first-order valence-corrected chi connectivity index (χ1v) is 5.02. The van der Waals surface area contributed by atoms with Crippen LogP contribution in [0.25, 0.3) is 0 Å². The van der Waals surface area contributed by atoms with Gasteiger partial charge in [-0.1, -0.05) is 17.3 Å². The molecular formula is C11H11FN2O3. The Hall–Kier alpha value is -1.95. The van der Waals surface area contributed by atoms with Crippen LogP contribution in [0.2, 0.25) is 0 Å². The van der Waals surface area contributed by atoms with Gasteiger partial charge in [-0.2, -0.15) is 0 Å². The smallest absolute Gasteiger partial charge is 0.287 e. The topological polar surface area (TPSA) is 59.9 Å². The van der Waals surface area contributed by atoms with Gasteiger partial charge in [-0.25, -0.2) is 9.87 Å². The van der Waals surface area contributed by atoms with E-state index in [1.165, 1.54) is 19.2 Å². The van der Waals surface area contributed by atoms with E-state index in [0.29, 0.717) is 17.7 Å². The summed E-state index contributed by atoms with van der Waals surface area (Å²) in [6.45, 7) is 0. The quantitative estimate of drug-likeness (QED) is 0.799. The predicted octanol–water partition coefficient (Wildman–Crippen LogP) is 0.996. The van der Waals surface area contributed by atoms with Gasteiger partial charge in [-0.15, -0.1) is 0 Å². The third kappa shape index (κ3) is 2.59. The molecule has 0 bridgehead atoms. The lowest BCUT2D eigenvalue weighted by Gasteiger charge is -2.06. The van der Waals surface area contributed by atoms with Gasteiger partial charge >= 0.3 is 0 Å². The SMILES string of the molecule is CONC(=O)C1CC(c2cccc(F)c2)=NO1. The zero-order valence-electron chi connectivity index (χ0n) is 9.14. The maximum Gasteiger partial charge on any atom is 0.287 e. The average molecular weight is 238 g/mol. The molecule has 2 rings (SSSR count). The molecule has 1 N–H and O–H groups in total. The van der Waals surface area contributed by atoms with E-state index >= 15 is 0 Å². The summed E-state index contributed by atoms with van der Waals surface area (Å²) in [5, 5.41) is 3.77. The highest BCUT2D eigenvalue weighted by atomic mass is 19.1. The highest BCUT2D eigenvalue weighted by Gasteiger charge is 2.28. The van der Waals surface area contributed by atoms with Crippen molar-refractivity contribution in [3.05, 3.63) is 35.6 Å². The molecule has 0 spiro atoms. The molecular weight excluding hydrogens is 227 g/mol. The van der Waals surface area contributed by atoms with Gasteiger partial charge in [-0.3, -0.25) is 9.63 Å². The van der Waals surface area contributed by atoms with Crippen LogP contribution in [0.3, 0.4) is 0 Å². The minimum atomic E-state index is -0.729. The van der Waals surface area contributed by atoms with Crippen LogP contribution >= 0.6 is 0 Å². The number of amides is 1. The first kappa shape index (κ1) is 11.5. The zero-order chi connectivity index (χ0) is 12.3. The summed E-state index contributed by atoms with van der Waals surface area (Å²) in [5.74, 6) is -0.766. The van der Waals surface area contributed by atoms with E-state index in [2.05, 4.69) is 15.5 Å². The summed E-state index contributed by atoms with van der Waals surface area (Å²) in [6, 6.07) is 5.98. The molecule has 0 radical (unpaired) electrons. The number of nitrogens with zero attached hydrogens (tertiary/aromatic N) is 1. The summed E-state index contributed by atoms with van der Waals surface area (Å²) in [4.78, 5) is 20.8. The standard InChI is InChI=1S/C11H11FN2O3/c1-16-14-11(15)10-6-9(13-17-10)7-3-2-4-8(12)5-7/h2-5,10H,6H2,1H3,(H,14,15). The normalized spacial score (nSPS) is 18.5. The number of hydroxylamine groups is 1. The maximum atomic E-state index is 13.0. The third-order valence-corrected chi connectivity index (χ3v) is 2.32. The second-order valence-corrected chi connectivity index (χ2v) is 3.52. The van der Waals surface area contributed by atoms with Crippen LogP contribution in [-0.4, -0.2) is 24.8 Å². The Morgan fingerprint density at radius 3 is 3.18 bits per heavy atom. The van der Waals surface area contributed by atoms with Crippen LogP contribution in [0.15, 0.2) is 29.4 Å². The first-order chi connectivity index (χ1) is 8.20. The molecule has 90 valence electrons. The Balaban J connectivity index is 2.05. The maximum absolute atomic E-state index is 13.0. The molecule has 0 saturated carbocycles. The molecule has 1 aliphatic rings. The Labute approximate surface area is 97.2 Å². The van der Waals surface area contributed by atoms with E-state index in [4.69, 9.17) is 4.84 Å². The lowest BCUT2D eigenvalue weighted by Crippen LogP contribution is -2.33. The number of carbonyl (C=O) groups is 1. The molecule has 1 amide bonds. The summed E-state index contributed by atoms with van der Waals surface area (Å²) >= 11 is 0. The van der Waals surface area contributed by atoms with E-state index in [1.807, 2.05) is 0 Å². The molecule has 5 nitrogen and oxygen atoms in total. The van der Waals surface area contributed by atoms with Crippen molar-refractivity contribution in [2.24, 2.45) is 5.16 Å². The van der Waals surface area contributed by atoms with Gasteiger partial charge < -0.3 is 4.84 Å². The molecule has 1 aromatic carbocycles. The largest absolute Gasteiger partial charge is 0.382 e. The predicted molar refractivity (Wildman–Crippen MR) is 57.6 cm³/mol. The highest BCUT2D eigenvalue weighted by Crippen LogP contribution is 2.17. The lowest BCUT2D eigenvalue weighted by atomic mass is 10.0. The molecule has 6 heteroatoms. The molecule has 1 aromatic rings. The van der Waals surface area contributed by atoms with Gasteiger partial charge in [0.1, 0.15) is 5.82 Å². The number of halogens is 1. The first-order valence-electron chi connectivity index (χ1n) is 5.02. The van der Waals surface area contributed by atoms with Gasteiger partial charge in [0.05, 0.1) is 12.8 Å². The fourth-order valence-corrected chi connectivity index (χ4v) is 1.52. The fraction of sp³-hybridized carbons (Fsp3) is 0.273. The van der Waals surface area contributed by atoms with Crippen molar-refractivity contribution in [2.45, 2.75) is 12.5 Å². The number of hydrogen-bond acceptors (Lipinski definition) is 4. The van der Waals surface area contributed by atoms with Crippen molar-refractivity contribution in [2.75, 3.05) is 7.11 Å². The van der Waals surface area contributed by atoms with Crippen molar-refractivity contribution in [1.29, 1.82) is 0 Å². The van der Waals surface area contributed by atoms with E-state index in [9.17, 15) is 9.18 Å². The number of nitrogens with one attached hydrogen (secondary N) is 1. The third-order valence-electron chi connectivity index (χ3n) is 2.32. The molecule has 0 aromatic heterocycles. The Bertz CT molecular complexity index is 462. The van der Waals surface area contributed by atoms with Gasteiger partial charge in [0.15, 0.2) is 0 Å². The highest BCUT2D eigenvalue weighted by molar-refractivity contribution is 6.03. The summed E-state index contributed by atoms with van der Waals surface area (Å²) in [5.41, 5.74) is 3.31. The summed E-state index contributed by atoms with van der Waals surface area (Å²) in [7, 11) is 1.33. The van der Waals surface area contributed by atoms with E-state index in [-0.39, 0.29) is 5.82 Å². The van der Waals surface area contributed by atoms with Crippen molar-refractivity contribution in [1.82, 2.24) is 5.48 Å². The zero-order valence-corrected chi connectivity index (χ0v) is 9.14. The van der Waals surface area contributed by atoms with Gasteiger partial charge in [0.2, 0.25) is 6.10 Å². The van der Waals surface area contributed by atoms with Crippen molar-refractivity contribution in [3.8, 4) is 0 Å². The van der Waals surface area contributed by atoms with Crippen LogP contribution in [0.1, 0.15) is 12.0 Å². The number of rotatable bonds is 3. The Morgan fingerprint density at radius 2 is 2.47 bits per heavy atom. The lowest BCUT2D eigenvalue weighted by molar-refractivity contribution is -0.141. The average Bonchev–Trinajstić information content (AvgIpc) is 2.78. The van der Waals surface area contributed by atoms with Crippen molar-refractivity contribution >= 4 is 11.6 Å². The van der Waals surface area contributed by atoms with Crippen molar-refractivity contribution in [3.63, 3.8) is 0 Å². The number of oxime groups is 1. The number of hydrogen-bond donors (Lipinski definition) is 1. The number of benzene rings is 1. The molecule has 0 fully saturated rings. The second kappa shape index (κ2) is 4.92. The monoisotopic (exact) mass is 238 g/mol. The Kier molecular flexibility index (Phi) is 3.34. The summed E-state index contributed by atoms with van der Waals surface area (Å²) in [6.07, 6.45) is -0.438. The molecule has 1 heterocycles. The molecule has 1 aliphatic heterocycles. The number of carbonyl (C=O) groups excluding carboxylic acids is 1. The van der Waals surface area contributed by atoms with Crippen LogP contribution in [-0.2, 0) is 14.5 Å². The fourth-order valence-electron chi connectivity index (χ4n) is 1.52. The molecule has 1 unspecified atom stereocenters. The minimum absolute atomic E-state index is 0.290. The summed E-state index contributed by atoms with van der Waals surface area (Å²) < 4.78 is 13.0. The molecule has 0 saturated heterocycles. The van der Waals surface area contributed by atoms with E-state index < -0.39 is 12.0 Å². The van der Waals surface area contributed by atoms with Gasteiger partial charge in [-0.05, 0) is 12.1 Å². The second-order valence-electron chi connectivity index (χ2n) is 3.52. The van der Waals surface area contributed by atoms with Crippen LogP contribution in [0, 0.1) is 5.82 Å². The van der Waals surface area contributed by atoms with E-state index in [1.54, 1.807) is 12.1 Å². The molecule has 0 aliphatic carbocycles. The van der Waals surface area contributed by atoms with Crippen LogP contribution in [0.5, 0.6) is 0 Å². The molecule has 17 heavy (non-hydrogen) atoms.